The van der Waals surface area contributed by atoms with E-state index < -0.39 is 22.8 Å². The van der Waals surface area contributed by atoms with Crippen molar-refractivity contribution in [1.29, 1.82) is 0 Å². The van der Waals surface area contributed by atoms with Crippen LogP contribution in [0.3, 0.4) is 0 Å². The van der Waals surface area contributed by atoms with Gasteiger partial charge in [0, 0.05) is 21.9 Å². The number of methoxy groups -OCH3 is 2. The van der Waals surface area contributed by atoms with Gasteiger partial charge in [-0.15, -0.1) is 0 Å². The van der Waals surface area contributed by atoms with Crippen molar-refractivity contribution in [2.24, 2.45) is 10.8 Å². The molecule has 0 saturated carbocycles. The van der Waals surface area contributed by atoms with Gasteiger partial charge in [-0.2, -0.15) is 0 Å². The lowest BCUT2D eigenvalue weighted by Gasteiger charge is -2.34. The van der Waals surface area contributed by atoms with Crippen LogP contribution in [0.1, 0.15) is 89.5 Å². The molecule has 9 nitrogen and oxygen atoms in total. The van der Waals surface area contributed by atoms with Crippen LogP contribution in [0.15, 0.2) is 0 Å². The molecule has 0 fully saturated rings. The average molecular weight is 488 g/mol. The van der Waals surface area contributed by atoms with Gasteiger partial charge in [0.2, 0.25) is 5.91 Å². The molecule has 0 aromatic heterocycles. The highest BCUT2D eigenvalue weighted by Gasteiger charge is 2.34. The average Bonchev–Trinajstić information content (AvgIpc) is 2.62. The van der Waals surface area contributed by atoms with E-state index in [1.165, 1.54) is 19.2 Å². The number of carbonyl (C=O) groups is 4. The number of hydrogen-bond donors (Lipinski definition) is 2. The minimum absolute atomic E-state index is 0.0258. The molecule has 0 radical (unpaired) electrons. The van der Waals surface area contributed by atoms with E-state index in [0.717, 1.165) is 0 Å². The number of nitrogens with one attached hydrogen (secondary N) is 2. The Morgan fingerprint density at radius 1 is 0.706 bits per heavy atom. The van der Waals surface area contributed by atoms with Crippen molar-refractivity contribution in [2.45, 2.75) is 107 Å². The van der Waals surface area contributed by atoms with Gasteiger partial charge in [-0.3, -0.25) is 24.2 Å². The number of esters is 2. The second-order valence-electron chi connectivity index (χ2n) is 12.4. The summed E-state index contributed by atoms with van der Waals surface area (Å²) in [4.78, 5) is 47.0. The Balaban J connectivity index is 0. The minimum atomic E-state index is -0.549. The fraction of sp³-hybridized carbons (Fsp3) is 0.840. The van der Waals surface area contributed by atoms with E-state index in [9.17, 15) is 19.2 Å². The maximum absolute atomic E-state index is 12.2. The molecular weight excluding hydrogens is 438 g/mol. The molecule has 1 unspecified atom stereocenters. The molecule has 0 aliphatic rings. The third-order valence-corrected chi connectivity index (χ3v) is 4.13. The normalized spacial score (nSPS) is 13.2. The number of rotatable bonds is 7. The van der Waals surface area contributed by atoms with Gasteiger partial charge in [0.25, 0.3) is 0 Å². The molecule has 200 valence electrons. The molecule has 0 saturated heterocycles. The topological polar surface area (TPSA) is 114 Å². The van der Waals surface area contributed by atoms with E-state index in [0.29, 0.717) is 0 Å². The first-order valence-corrected chi connectivity index (χ1v) is 11.5. The van der Waals surface area contributed by atoms with E-state index in [-0.39, 0.29) is 41.7 Å². The van der Waals surface area contributed by atoms with E-state index in [2.05, 4.69) is 20.2 Å². The maximum Gasteiger partial charge on any atom is 0.327 e. The van der Waals surface area contributed by atoms with Gasteiger partial charge >= 0.3 is 11.9 Å². The summed E-state index contributed by atoms with van der Waals surface area (Å²) < 4.78 is 9.21. The molecule has 0 aliphatic carbocycles. The zero-order valence-corrected chi connectivity index (χ0v) is 23.9. The van der Waals surface area contributed by atoms with E-state index in [4.69, 9.17) is 0 Å². The van der Waals surface area contributed by atoms with Crippen LogP contribution in [0.5, 0.6) is 0 Å². The third kappa shape index (κ3) is 15.8. The standard InChI is InChI=1S/C13H25NO3.C12H24N2O3/c1-12(2,3)11(16)9(8-10(15)17-7)14-13(4,5)6;1-11(2,3)10(16)14(8-9(15)17-7)13-12(4,5)6/h9,14H,8H2,1-7H3;13H,8H2,1-7H3. The zero-order chi connectivity index (χ0) is 27.7. The summed E-state index contributed by atoms with van der Waals surface area (Å²) in [5.74, 6) is -0.931. The smallest absolute Gasteiger partial charge is 0.327 e. The van der Waals surface area contributed by atoms with E-state index in [1.54, 1.807) is 0 Å². The van der Waals surface area contributed by atoms with Crippen LogP contribution in [-0.2, 0) is 28.7 Å². The van der Waals surface area contributed by atoms with E-state index >= 15 is 0 Å². The molecule has 0 spiro atoms. The van der Waals surface area contributed by atoms with Gasteiger partial charge in [0.1, 0.15) is 6.54 Å². The molecular formula is C25H49N3O6. The lowest BCUT2D eigenvalue weighted by atomic mass is 9.84. The fourth-order valence-corrected chi connectivity index (χ4v) is 2.67. The second-order valence-corrected chi connectivity index (χ2v) is 12.4. The minimum Gasteiger partial charge on any atom is -0.469 e. The summed E-state index contributed by atoms with van der Waals surface area (Å²) in [6.45, 7) is 22.6. The molecule has 34 heavy (non-hydrogen) atoms. The van der Waals surface area contributed by atoms with Crippen LogP contribution >= 0.6 is 0 Å². The Morgan fingerprint density at radius 3 is 1.44 bits per heavy atom. The Bertz CT molecular complexity index is 631. The quantitative estimate of drug-likeness (QED) is 0.415. The lowest BCUT2D eigenvalue weighted by Crippen LogP contribution is -2.56. The SMILES string of the molecule is COC(=O)CC(NC(C)(C)C)C(=O)C(C)(C)C.COC(=O)CN(NC(C)(C)C)C(=O)C(C)(C)C. The molecule has 0 rings (SSSR count). The lowest BCUT2D eigenvalue weighted by molar-refractivity contribution is -0.154. The van der Waals surface area contributed by atoms with Crippen LogP contribution in [0, 0.1) is 10.8 Å². The number of ketones is 1. The van der Waals surface area contributed by atoms with Gasteiger partial charge < -0.3 is 14.8 Å². The Kier molecular flexibility index (Phi) is 13.3. The molecule has 9 heteroatoms. The summed E-state index contributed by atoms with van der Waals surface area (Å²) in [6, 6.07) is -0.498. The number of hydrazine groups is 1. The molecule has 0 bridgehead atoms. The Labute approximate surface area is 206 Å². The van der Waals surface area contributed by atoms with Crippen molar-refractivity contribution in [3.05, 3.63) is 0 Å². The summed E-state index contributed by atoms with van der Waals surface area (Å²) in [5, 5.41) is 4.50. The maximum atomic E-state index is 12.2. The largest absolute Gasteiger partial charge is 0.469 e. The predicted octanol–water partition coefficient (Wildman–Crippen LogP) is 3.26. The molecule has 2 N–H and O–H groups in total. The predicted molar refractivity (Wildman–Crippen MR) is 134 cm³/mol. The monoisotopic (exact) mass is 487 g/mol. The van der Waals surface area contributed by atoms with Gasteiger partial charge in [-0.25, -0.2) is 5.43 Å². The number of ether oxygens (including phenoxy) is 2. The van der Waals surface area contributed by atoms with Gasteiger partial charge in [-0.05, 0) is 41.5 Å². The Morgan fingerprint density at radius 2 is 1.15 bits per heavy atom. The number of hydrogen-bond acceptors (Lipinski definition) is 8. The zero-order valence-electron chi connectivity index (χ0n) is 23.9. The van der Waals surface area contributed by atoms with Crippen molar-refractivity contribution in [3.63, 3.8) is 0 Å². The molecule has 0 heterocycles. The van der Waals surface area contributed by atoms with E-state index in [1.807, 2.05) is 83.1 Å². The molecule has 0 aromatic rings. The number of amides is 1. The second kappa shape index (κ2) is 13.2. The molecule has 1 atom stereocenters. The first kappa shape index (κ1) is 34.2. The van der Waals surface area contributed by atoms with Crippen molar-refractivity contribution in [3.8, 4) is 0 Å². The van der Waals surface area contributed by atoms with Crippen LogP contribution in [0.2, 0.25) is 0 Å². The van der Waals surface area contributed by atoms with Crippen LogP contribution < -0.4 is 10.7 Å². The van der Waals surface area contributed by atoms with Crippen molar-refractivity contribution >= 4 is 23.6 Å². The number of nitrogens with zero attached hydrogens (tertiary/aromatic N) is 1. The van der Waals surface area contributed by atoms with Gasteiger partial charge in [0.05, 0.1) is 26.7 Å². The molecule has 0 aliphatic heterocycles. The highest BCUT2D eigenvalue weighted by Crippen LogP contribution is 2.20. The summed E-state index contributed by atoms with van der Waals surface area (Å²) in [7, 11) is 2.64. The van der Waals surface area contributed by atoms with Crippen molar-refractivity contribution in [2.75, 3.05) is 20.8 Å². The number of Topliss-reactive ketones (excluding diaryl/α,β-unsaturated/α-hetero) is 1. The van der Waals surface area contributed by atoms with Crippen LogP contribution in [0.4, 0.5) is 0 Å². The highest BCUT2D eigenvalue weighted by molar-refractivity contribution is 5.92. The molecule has 1 amide bonds. The first-order valence-electron chi connectivity index (χ1n) is 11.5. The van der Waals surface area contributed by atoms with Gasteiger partial charge in [0.15, 0.2) is 5.78 Å². The first-order chi connectivity index (χ1) is 14.9. The van der Waals surface area contributed by atoms with Crippen molar-refractivity contribution in [1.82, 2.24) is 15.8 Å². The molecule has 0 aromatic carbocycles. The number of carbonyl (C=O) groups excluding carboxylic acids is 4. The van der Waals surface area contributed by atoms with Crippen LogP contribution in [0.25, 0.3) is 0 Å². The summed E-state index contributed by atoms with van der Waals surface area (Å²) >= 11 is 0. The highest BCUT2D eigenvalue weighted by atomic mass is 16.5. The summed E-state index contributed by atoms with van der Waals surface area (Å²) in [6.07, 6.45) is 0.0733. The Hall–Kier alpha value is -2.00. The van der Waals surface area contributed by atoms with Gasteiger partial charge in [-0.1, -0.05) is 41.5 Å². The van der Waals surface area contributed by atoms with Crippen LogP contribution in [-0.4, -0.2) is 66.5 Å². The fourth-order valence-electron chi connectivity index (χ4n) is 2.67. The third-order valence-electron chi connectivity index (χ3n) is 4.13. The van der Waals surface area contributed by atoms with Crippen molar-refractivity contribution < 1.29 is 28.7 Å². The summed E-state index contributed by atoms with van der Waals surface area (Å²) in [5.41, 5.74) is 1.47.